The van der Waals surface area contributed by atoms with E-state index in [4.69, 9.17) is 17.3 Å². The van der Waals surface area contributed by atoms with Gasteiger partial charge in [-0.25, -0.2) is 0 Å². The molecule has 7 heteroatoms. The summed E-state index contributed by atoms with van der Waals surface area (Å²) in [5.41, 5.74) is 5.30. The largest absolute Gasteiger partial charge is 0.345 e. The van der Waals surface area contributed by atoms with Crippen LogP contribution in [0.4, 0.5) is 5.69 Å². The molecule has 0 unspecified atom stereocenters. The summed E-state index contributed by atoms with van der Waals surface area (Å²) in [6, 6.07) is 3.82. The third-order valence-electron chi connectivity index (χ3n) is 3.74. The quantitative estimate of drug-likeness (QED) is 0.657. The minimum Gasteiger partial charge on any atom is -0.345 e. The molecule has 0 spiro atoms. The van der Waals surface area contributed by atoms with E-state index in [1.165, 1.54) is 18.2 Å². The second kappa shape index (κ2) is 5.76. The third-order valence-corrected chi connectivity index (χ3v) is 4.07. The van der Waals surface area contributed by atoms with Crippen LogP contribution in [0.2, 0.25) is 5.02 Å². The Morgan fingerprint density at radius 3 is 2.65 bits per heavy atom. The van der Waals surface area contributed by atoms with Gasteiger partial charge in [-0.1, -0.05) is 24.4 Å². The summed E-state index contributed by atoms with van der Waals surface area (Å²) in [5, 5.41) is 13.8. The highest BCUT2D eigenvalue weighted by molar-refractivity contribution is 6.34. The zero-order chi connectivity index (χ0) is 14.8. The first-order valence-corrected chi connectivity index (χ1v) is 6.82. The summed E-state index contributed by atoms with van der Waals surface area (Å²) in [7, 11) is 0. The van der Waals surface area contributed by atoms with Gasteiger partial charge >= 0.3 is 0 Å². The molecule has 0 atom stereocenters. The molecule has 6 nitrogen and oxygen atoms in total. The highest BCUT2D eigenvalue weighted by atomic mass is 35.5. The summed E-state index contributed by atoms with van der Waals surface area (Å²) in [6.45, 7) is 0.352. The van der Waals surface area contributed by atoms with Crippen LogP contribution in [-0.4, -0.2) is 22.9 Å². The van der Waals surface area contributed by atoms with Gasteiger partial charge in [-0.05, 0) is 18.9 Å². The van der Waals surface area contributed by atoms with Crippen LogP contribution in [0.1, 0.15) is 36.0 Å². The molecule has 1 aromatic rings. The SMILES string of the molecule is NCC1(NC(=O)c2cc([N+](=O)[O-])ccc2Cl)CCCC1. The molecule has 0 aliphatic heterocycles. The molecule has 0 aromatic heterocycles. The normalized spacial score (nSPS) is 16.9. The van der Waals surface area contributed by atoms with E-state index in [-0.39, 0.29) is 16.3 Å². The molecule has 0 radical (unpaired) electrons. The molecular formula is C13H16ClN3O3. The summed E-state index contributed by atoms with van der Waals surface area (Å²) >= 11 is 5.96. The third kappa shape index (κ3) is 2.91. The fourth-order valence-corrected chi connectivity index (χ4v) is 2.74. The molecule has 0 bridgehead atoms. The first-order valence-electron chi connectivity index (χ1n) is 6.44. The van der Waals surface area contributed by atoms with Gasteiger partial charge in [0.2, 0.25) is 0 Å². The number of hydrogen-bond acceptors (Lipinski definition) is 4. The van der Waals surface area contributed by atoms with E-state index in [1.807, 2.05) is 0 Å². The minimum absolute atomic E-state index is 0.112. The number of nitro groups is 1. The van der Waals surface area contributed by atoms with Crippen LogP contribution < -0.4 is 11.1 Å². The van der Waals surface area contributed by atoms with Gasteiger partial charge in [0.05, 0.1) is 21.0 Å². The van der Waals surface area contributed by atoms with Gasteiger partial charge in [0, 0.05) is 18.7 Å². The maximum absolute atomic E-state index is 12.3. The van der Waals surface area contributed by atoms with E-state index in [9.17, 15) is 14.9 Å². The molecule has 1 aliphatic carbocycles. The van der Waals surface area contributed by atoms with Crippen molar-refractivity contribution in [1.82, 2.24) is 5.32 Å². The zero-order valence-corrected chi connectivity index (χ0v) is 11.7. The maximum Gasteiger partial charge on any atom is 0.270 e. The second-order valence-electron chi connectivity index (χ2n) is 5.07. The molecular weight excluding hydrogens is 282 g/mol. The molecule has 0 heterocycles. The molecule has 0 saturated heterocycles. The lowest BCUT2D eigenvalue weighted by atomic mass is 9.97. The Morgan fingerprint density at radius 1 is 1.45 bits per heavy atom. The number of nitro benzene ring substituents is 1. The van der Waals surface area contributed by atoms with Crippen molar-refractivity contribution < 1.29 is 9.72 Å². The Labute approximate surface area is 121 Å². The van der Waals surface area contributed by atoms with Crippen LogP contribution in [0.25, 0.3) is 0 Å². The molecule has 20 heavy (non-hydrogen) atoms. The average molecular weight is 298 g/mol. The Bertz CT molecular complexity index is 542. The predicted molar refractivity (Wildman–Crippen MR) is 75.8 cm³/mol. The van der Waals surface area contributed by atoms with Crippen molar-refractivity contribution in [2.75, 3.05) is 6.54 Å². The number of rotatable bonds is 4. The van der Waals surface area contributed by atoms with E-state index < -0.39 is 16.4 Å². The summed E-state index contributed by atoms with van der Waals surface area (Å²) in [6.07, 6.45) is 3.67. The van der Waals surface area contributed by atoms with E-state index in [2.05, 4.69) is 5.32 Å². The fraction of sp³-hybridized carbons (Fsp3) is 0.462. The molecule has 3 N–H and O–H groups in total. The smallest absolute Gasteiger partial charge is 0.270 e. The Balaban J connectivity index is 2.24. The van der Waals surface area contributed by atoms with Gasteiger partial charge < -0.3 is 11.1 Å². The number of amides is 1. The number of nitrogens with one attached hydrogen (secondary N) is 1. The van der Waals surface area contributed by atoms with Crippen molar-refractivity contribution in [3.8, 4) is 0 Å². The van der Waals surface area contributed by atoms with Crippen molar-refractivity contribution in [3.63, 3.8) is 0 Å². The maximum atomic E-state index is 12.3. The number of nitrogens with two attached hydrogens (primary N) is 1. The van der Waals surface area contributed by atoms with Crippen molar-refractivity contribution in [1.29, 1.82) is 0 Å². The van der Waals surface area contributed by atoms with Crippen LogP contribution in [0, 0.1) is 10.1 Å². The Hall–Kier alpha value is -1.66. The summed E-state index contributed by atoms with van der Waals surface area (Å²) in [4.78, 5) is 22.5. The number of halogens is 1. The monoisotopic (exact) mass is 297 g/mol. The number of carbonyl (C=O) groups excluding carboxylic acids is 1. The molecule has 1 saturated carbocycles. The van der Waals surface area contributed by atoms with Crippen molar-refractivity contribution in [2.45, 2.75) is 31.2 Å². The Kier molecular flexibility index (Phi) is 4.25. The summed E-state index contributed by atoms with van der Waals surface area (Å²) in [5.74, 6) is -0.411. The topological polar surface area (TPSA) is 98.3 Å². The minimum atomic E-state index is -0.554. The average Bonchev–Trinajstić information content (AvgIpc) is 2.88. The van der Waals surface area contributed by atoms with E-state index in [0.29, 0.717) is 6.54 Å². The van der Waals surface area contributed by atoms with Gasteiger partial charge in [0.15, 0.2) is 0 Å². The Morgan fingerprint density at radius 2 is 2.10 bits per heavy atom. The highest BCUT2D eigenvalue weighted by Gasteiger charge is 2.34. The lowest BCUT2D eigenvalue weighted by Crippen LogP contribution is -2.51. The second-order valence-corrected chi connectivity index (χ2v) is 5.47. The number of nitrogens with zero attached hydrogens (tertiary/aromatic N) is 1. The van der Waals surface area contributed by atoms with Crippen molar-refractivity contribution in [3.05, 3.63) is 38.9 Å². The molecule has 1 aliphatic rings. The van der Waals surface area contributed by atoms with Crippen LogP contribution in [-0.2, 0) is 0 Å². The highest BCUT2D eigenvalue weighted by Crippen LogP contribution is 2.30. The molecule has 1 amide bonds. The first-order chi connectivity index (χ1) is 9.47. The molecule has 1 fully saturated rings. The van der Waals surface area contributed by atoms with Gasteiger partial charge in [-0.2, -0.15) is 0 Å². The van der Waals surface area contributed by atoms with Crippen molar-refractivity contribution in [2.24, 2.45) is 5.73 Å². The van der Waals surface area contributed by atoms with Gasteiger partial charge in [-0.3, -0.25) is 14.9 Å². The van der Waals surface area contributed by atoms with Crippen LogP contribution in [0.15, 0.2) is 18.2 Å². The van der Waals surface area contributed by atoms with Gasteiger partial charge in [-0.15, -0.1) is 0 Å². The van der Waals surface area contributed by atoms with Crippen LogP contribution in [0.5, 0.6) is 0 Å². The predicted octanol–water partition coefficient (Wildman–Crippen LogP) is 2.25. The molecule has 108 valence electrons. The van der Waals surface area contributed by atoms with E-state index >= 15 is 0 Å². The standard InChI is InChI=1S/C13H16ClN3O3/c14-11-4-3-9(17(19)20)7-10(11)12(18)16-13(8-15)5-1-2-6-13/h3-4,7H,1-2,5-6,8,15H2,(H,16,18). The van der Waals surface area contributed by atoms with Crippen LogP contribution in [0.3, 0.4) is 0 Å². The lowest BCUT2D eigenvalue weighted by Gasteiger charge is -2.28. The number of benzene rings is 1. The van der Waals surface area contributed by atoms with Crippen LogP contribution >= 0.6 is 11.6 Å². The van der Waals surface area contributed by atoms with Gasteiger partial charge in [0.1, 0.15) is 0 Å². The van der Waals surface area contributed by atoms with Crippen molar-refractivity contribution >= 4 is 23.2 Å². The molecule has 1 aromatic carbocycles. The van der Waals surface area contributed by atoms with E-state index in [0.717, 1.165) is 25.7 Å². The number of carbonyl (C=O) groups is 1. The lowest BCUT2D eigenvalue weighted by molar-refractivity contribution is -0.384. The number of non-ortho nitro benzene ring substituents is 1. The summed E-state index contributed by atoms with van der Waals surface area (Å²) < 4.78 is 0. The molecule has 2 rings (SSSR count). The first kappa shape index (κ1) is 14.7. The number of hydrogen-bond donors (Lipinski definition) is 2. The fourth-order valence-electron chi connectivity index (χ4n) is 2.54. The van der Waals surface area contributed by atoms with E-state index in [1.54, 1.807) is 0 Å². The van der Waals surface area contributed by atoms with Gasteiger partial charge in [0.25, 0.3) is 11.6 Å². The zero-order valence-electron chi connectivity index (χ0n) is 10.9.